The summed E-state index contributed by atoms with van der Waals surface area (Å²) in [5.74, 6) is 0.112. The summed E-state index contributed by atoms with van der Waals surface area (Å²) in [6.07, 6.45) is 0.175. The average molecular weight is 506 g/mol. The Bertz CT molecular complexity index is 1330. The molecule has 0 bridgehead atoms. The van der Waals surface area contributed by atoms with Gasteiger partial charge in [-0.3, -0.25) is 9.47 Å². The summed E-state index contributed by atoms with van der Waals surface area (Å²) in [5, 5.41) is 4.78. The van der Waals surface area contributed by atoms with Crippen LogP contribution in [-0.2, 0) is 21.4 Å². The molecule has 0 amide bonds. The summed E-state index contributed by atoms with van der Waals surface area (Å²) in [6, 6.07) is 12.6. The highest BCUT2D eigenvalue weighted by atomic mass is 32.2. The van der Waals surface area contributed by atoms with Crippen LogP contribution in [0.15, 0.2) is 53.4 Å². The maximum Gasteiger partial charge on any atom is 0.242 e. The first-order valence-electron chi connectivity index (χ1n) is 10.9. The Morgan fingerprint density at radius 3 is 2.38 bits per heavy atom. The van der Waals surface area contributed by atoms with Gasteiger partial charge in [0.25, 0.3) is 0 Å². The Morgan fingerprint density at radius 1 is 1.12 bits per heavy atom. The molecule has 0 radical (unpaired) electrons. The smallest absolute Gasteiger partial charge is 0.242 e. The second kappa shape index (κ2) is 9.67. The molecule has 0 aliphatic carbocycles. The minimum atomic E-state index is -3.64. The summed E-state index contributed by atoms with van der Waals surface area (Å²) in [4.78, 5) is 2.37. The number of ether oxygens (including phenoxy) is 1. The summed E-state index contributed by atoms with van der Waals surface area (Å²) >= 11 is 5.79. The molecule has 8 nitrogen and oxygen atoms in total. The van der Waals surface area contributed by atoms with Crippen molar-refractivity contribution in [3.05, 3.63) is 59.1 Å². The number of halogens is 1. The second-order valence-corrected chi connectivity index (χ2v) is 11.2. The lowest BCUT2D eigenvalue weighted by atomic mass is 10.2. The van der Waals surface area contributed by atoms with Gasteiger partial charge in [0.2, 0.25) is 14.8 Å². The van der Waals surface area contributed by atoms with E-state index in [1.54, 1.807) is 45.6 Å². The van der Waals surface area contributed by atoms with Gasteiger partial charge >= 0.3 is 0 Å². The Hall–Kier alpha value is -2.44. The van der Waals surface area contributed by atoms with E-state index >= 15 is 0 Å². The Morgan fingerprint density at radius 2 is 1.76 bits per heavy atom. The van der Waals surface area contributed by atoms with Gasteiger partial charge in [-0.1, -0.05) is 12.1 Å². The lowest BCUT2D eigenvalue weighted by molar-refractivity contribution is -0.0777. The predicted octanol–water partition coefficient (Wildman–Crippen LogP) is 3.53. The zero-order valence-electron chi connectivity index (χ0n) is 19.6. The van der Waals surface area contributed by atoms with Gasteiger partial charge in [-0.2, -0.15) is 0 Å². The van der Waals surface area contributed by atoms with Crippen molar-refractivity contribution in [1.82, 2.24) is 23.6 Å². The van der Waals surface area contributed by atoms with Gasteiger partial charge in [0, 0.05) is 32.7 Å². The molecule has 4 rings (SSSR count). The first kappa shape index (κ1) is 24.7. The molecule has 182 valence electrons. The number of hydrogen-bond donors (Lipinski definition) is 0. The van der Waals surface area contributed by atoms with E-state index in [-0.39, 0.29) is 22.9 Å². The monoisotopic (exact) mass is 505 g/mol. The fraction of sp³-hybridized carbons (Fsp3) is 0.391. The van der Waals surface area contributed by atoms with Gasteiger partial charge in [-0.25, -0.2) is 21.8 Å². The van der Waals surface area contributed by atoms with Gasteiger partial charge in [0.05, 0.1) is 29.5 Å². The number of benzene rings is 2. The maximum atomic E-state index is 13.6. The van der Waals surface area contributed by atoms with Crippen molar-refractivity contribution in [3.8, 4) is 17.1 Å². The van der Waals surface area contributed by atoms with E-state index in [1.165, 1.54) is 26.2 Å². The fourth-order valence-electron chi connectivity index (χ4n) is 4.11. The highest BCUT2D eigenvalue weighted by Gasteiger charge is 2.25. The first-order valence-corrected chi connectivity index (χ1v) is 12.8. The molecule has 0 N–H and O–H groups in total. The van der Waals surface area contributed by atoms with Crippen LogP contribution in [0.3, 0.4) is 0 Å². The molecule has 3 aromatic rings. The van der Waals surface area contributed by atoms with Gasteiger partial charge in [0.15, 0.2) is 5.82 Å². The van der Waals surface area contributed by atoms with Crippen LogP contribution >= 0.6 is 12.2 Å². The minimum absolute atomic E-state index is 0.0875. The van der Waals surface area contributed by atoms with Crippen LogP contribution in [0, 0.1) is 10.6 Å². The Labute approximate surface area is 204 Å². The molecule has 0 saturated carbocycles. The first-order chi connectivity index (χ1) is 16.1. The lowest BCUT2D eigenvalue weighted by Gasteiger charge is -2.34. The van der Waals surface area contributed by atoms with E-state index in [0.717, 1.165) is 17.4 Å². The number of hydrogen-bond acceptors (Lipinski definition) is 6. The molecule has 1 aliphatic rings. The molecule has 1 saturated heterocycles. The van der Waals surface area contributed by atoms with Crippen molar-refractivity contribution in [1.29, 1.82) is 0 Å². The molecule has 1 aliphatic heterocycles. The van der Waals surface area contributed by atoms with Crippen molar-refractivity contribution >= 4 is 22.2 Å². The Balaban J connectivity index is 1.83. The number of morpholine rings is 1. The topological polar surface area (TPSA) is 72.6 Å². The average Bonchev–Trinajstić information content (AvgIpc) is 3.09. The van der Waals surface area contributed by atoms with Gasteiger partial charge in [0.1, 0.15) is 5.82 Å². The molecule has 11 heteroatoms. The van der Waals surface area contributed by atoms with Crippen molar-refractivity contribution in [2.45, 2.75) is 37.6 Å². The van der Waals surface area contributed by atoms with Crippen LogP contribution < -0.4 is 0 Å². The van der Waals surface area contributed by atoms with Gasteiger partial charge in [-0.15, -0.1) is 5.10 Å². The maximum absolute atomic E-state index is 13.6. The highest BCUT2D eigenvalue weighted by Crippen LogP contribution is 2.26. The van der Waals surface area contributed by atoms with E-state index in [0.29, 0.717) is 28.5 Å². The van der Waals surface area contributed by atoms with Crippen LogP contribution in [0.5, 0.6) is 0 Å². The summed E-state index contributed by atoms with van der Waals surface area (Å²) in [7, 11) is -0.663. The second-order valence-electron chi connectivity index (χ2n) is 8.67. The third-order valence-corrected chi connectivity index (χ3v) is 7.83. The number of sulfonamides is 1. The zero-order chi connectivity index (χ0) is 24.6. The SMILES string of the molecule is C[C@H]1CN(Cn2nc(-c3cccc(S(=O)(=O)N(C)C)c3)n(-c3ccc(F)cc3)c2=S)C[C@H](C)O1. The lowest BCUT2D eigenvalue weighted by Crippen LogP contribution is -2.46. The van der Waals surface area contributed by atoms with Crippen LogP contribution in [0.2, 0.25) is 0 Å². The predicted molar refractivity (Wildman–Crippen MR) is 130 cm³/mol. The minimum Gasteiger partial charge on any atom is -0.373 e. The van der Waals surface area contributed by atoms with Crippen molar-refractivity contribution in [2.75, 3.05) is 27.2 Å². The molecular weight excluding hydrogens is 477 g/mol. The third kappa shape index (κ3) is 4.98. The molecule has 2 heterocycles. The van der Waals surface area contributed by atoms with E-state index in [1.807, 2.05) is 13.8 Å². The van der Waals surface area contributed by atoms with Crippen LogP contribution in [-0.4, -0.2) is 71.4 Å². The number of rotatable bonds is 6. The van der Waals surface area contributed by atoms with Crippen molar-refractivity contribution in [3.63, 3.8) is 0 Å². The Kier molecular flexibility index (Phi) is 7.02. The molecule has 0 unspecified atom stereocenters. The molecule has 0 spiro atoms. The normalized spacial score (nSPS) is 19.6. The third-order valence-electron chi connectivity index (χ3n) is 5.62. The summed E-state index contributed by atoms with van der Waals surface area (Å²) in [6.45, 7) is 5.99. The largest absolute Gasteiger partial charge is 0.373 e. The quantitative estimate of drug-likeness (QED) is 0.478. The van der Waals surface area contributed by atoms with Crippen molar-refractivity contribution < 1.29 is 17.5 Å². The van der Waals surface area contributed by atoms with Crippen LogP contribution in [0.25, 0.3) is 17.1 Å². The van der Waals surface area contributed by atoms with Gasteiger partial charge < -0.3 is 4.74 Å². The molecule has 2 atom stereocenters. The molecular formula is C23H28FN5O3S2. The summed E-state index contributed by atoms with van der Waals surface area (Å²) < 4.78 is 49.9. The molecule has 2 aromatic carbocycles. The molecule has 34 heavy (non-hydrogen) atoms. The van der Waals surface area contributed by atoms with E-state index in [9.17, 15) is 12.8 Å². The van der Waals surface area contributed by atoms with Crippen LogP contribution in [0.4, 0.5) is 4.39 Å². The van der Waals surface area contributed by atoms with E-state index in [2.05, 4.69) is 4.90 Å². The highest BCUT2D eigenvalue weighted by molar-refractivity contribution is 7.89. The molecule has 1 fully saturated rings. The molecule has 1 aromatic heterocycles. The fourth-order valence-corrected chi connectivity index (χ4v) is 5.34. The van der Waals surface area contributed by atoms with E-state index < -0.39 is 10.0 Å². The summed E-state index contributed by atoms with van der Waals surface area (Å²) in [5.41, 5.74) is 1.22. The van der Waals surface area contributed by atoms with Crippen LogP contribution in [0.1, 0.15) is 13.8 Å². The number of aromatic nitrogens is 3. The van der Waals surface area contributed by atoms with Gasteiger partial charge in [-0.05, 0) is 62.5 Å². The number of nitrogens with zero attached hydrogens (tertiary/aromatic N) is 5. The van der Waals surface area contributed by atoms with E-state index in [4.69, 9.17) is 22.1 Å². The zero-order valence-corrected chi connectivity index (χ0v) is 21.2. The van der Waals surface area contributed by atoms with Crippen molar-refractivity contribution in [2.24, 2.45) is 0 Å². The standard InChI is InChI=1S/C23H28FN5O3S2/c1-16-13-27(14-17(2)32-16)15-28-23(33)29(20-10-8-19(24)9-11-20)22(25-28)18-6-5-7-21(12-18)34(30,31)26(3)4/h5-12,16-17H,13-15H2,1-4H3/t16-,17-/m0/s1.